The van der Waals surface area contributed by atoms with Crippen molar-refractivity contribution in [3.63, 3.8) is 0 Å². The van der Waals surface area contributed by atoms with Crippen LogP contribution in [0.5, 0.6) is 0 Å². The van der Waals surface area contributed by atoms with E-state index in [1.807, 2.05) is 24.1 Å². The first-order valence-electron chi connectivity index (χ1n) is 10.7. The molecule has 4 rings (SSSR count). The highest BCUT2D eigenvalue weighted by molar-refractivity contribution is 7.16. The topological polar surface area (TPSA) is 59.4 Å². The maximum atomic E-state index is 13.2. The number of nitrogens with zero attached hydrogens (tertiary/aromatic N) is 3. The molecule has 0 aliphatic carbocycles. The maximum Gasteiger partial charge on any atom is 0.286 e. The molecule has 1 aliphatic heterocycles. The number of nitrogens with one attached hydrogen (secondary N) is 1. The summed E-state index contributed by atoms with van der Waals surface area (Å²) in [7, 11) is 1.61. The third kappa shape index (κ3) is 5.43. The summed E-state index contributed by atoms with van der Waals surface area (Å²) in [6.07, 6.45) is 3.33. The van der Waals surface area contributed by atoms with E-state index in [0.717, 1.165) is 46.9 Å². The first-order valence-corrected chi connectivity index (χ1v) is 12.2. The summed E-state index contributed by atoms with van der Waals surface area (Å²) < 4.78 is 6.73. The molecule has 3 heterocycles. The van der Waals surface area contributed by atoms with Gasteiger partial charge in [-0.25, -0.2) is 9.69 Å². The first-order chi connectivity index (χ1) is 16.0. The second-order valence-electron chi connectivity index (χ2n) is 7.72. The summed E-state index contributed by atoms with van der Waals surface area (Å²) in [6.45, 7) is 3.96. The maximum absolute atomic E-state index is 13.2. The summed E-state index contributed by atoms with van der Waals surface area (Å²) in [5, 5.41) is 7.65. The monoisotopic (exact) mass is 502 g/mol. The molecule has 0 unspecified atom stereocenters. The molecular weight excluding hydrogens is 479 g/mol. The predicted molar refractivity (Wildman–Crippen MR) is 133 cm³/mol. The van der Waals surface area contributed by atoms with Gasteiger partial charge < -0.3 is 4.74 Å². The highest BCUT2D eigenvalue weighted by Crippen LogP contribution is 2.36. The number of ether oxygens (including phenoxy) is 1. The molecule has 0 saturated carbocycles. The van der Waals surface area contributed by atoms with Crippen molar-refractivity contribution in [2.75, 3.05) is 26.8 Å². The fourth-order valence-corrected chi connectivity index (χ4v) is 5.22. The number of amides is 1. The normalized spacial score (nSPS) is 14.1. The molecule has 0 bridgehead atoms. The fraction of sp³-hybridized carbons (Fsp3) is 0.333. The summed E-state index contributed by atoms with van der Waals surface area (Å²) in [5.41, 5.74) is 5.60. The van der Waals surface area contributed by atoms with Crippen molar-refractivity contribution in [1.29, 1.82) is 0 Å². The van der Waals surface area contributed by atoms with Crippen molar-refractivity contribution in [2.45, 2.75) is 26.2 Å². The number of hydrogen-bond acceptors (Lipinski definition) is 5. The predicted octanol–water partition coefficient (Wildman–Crippen LogP) is 5.34. The molecule has 9 heteroatoms. The zero-order valence-electron chi connectivity index (χ0n) is 18.5. The Hall–Kier alpha value is -2.34. The number of aromatic nitrogens is 2. The number of methoxy groups -OCH3 is 1. The van der Waals surface area contributed by atoms with Gasteiger partial charge in [-0.15, -0.1) is 11.3 Å². The minimum atomic E-state index is -0.226. The summed E-state index contributed by atoms with van der Waals surface area (Å²) in [5.74, 6) is 5.85. The molecule has 1 aromatic carbocycles. The molecule has 0 spiro atoms. The van der Waals surface area contributed by atoms with Gasteiger partial charge in [0.25, 0.3) is 5.91 Å². The number of halogens is 2. The van der Waals surface area contributed by atoms with Crippen molar-refractivity contribution in [1.82, 2.24) is 20.2 Å². The van der Waals surface area contributed by atoms with E-state index in [4.69, 9.17) is 33.0 Å². The van der Waals surface area contributed by atoms with Gasteiger partial charge in [0, 0.05) is 30.8 Å². The number of rotatable bonds is 5. The lowest BCUT2D eigenvalue weighted by Gasteiger charge is -2.26. The van der Waals surface area contributed by atoms with Crippen LogP contribution >= 0.6 is 34.5 Å². The average Bonchev–Trinajstić information content (AvgIpc) is 3.39. The van der Waals surface area contributed by atoms with E-state index in [1.165, 1.54) is 17.8 Å². The van der Waals surface area contributed by atoms with Gasteiger partial charge in [-0.05, 0) is 50.1 Å². The molecule has 2 aromatic heterocycles. The average molecular weight is 503 g/mol. The molecule has 1 fully saturated rings. The van der Waals surface area contributed by atoms with Crippen LogP contribution in [0.1, 0.15) is 40.2 Å². The SMILES string of the molecule is COCC#Cc1ccc(-c2c(C)c(C(=O)NN3CCCCC3)nn2-c2ccc(Cl)cc2Cl)s1. The Labute approximate surface area is 207 Å². The van der Waals surface area contributed by atoms with Gasteiger partial charge in [0.15, 0.2) is 5.69 Å². The lowest BCUT2D eigenvalue weighted by atomic mass is 10.1. The molecule has 1 saturated heterocycles. The second-order valence-corrected chi connectivity index (χ2v) is 9.64. The van der Waals surface area contributed by atoms with Crippen LogP contribution in [0.25, 0.3) is 16.3 Å². The smallest absolute Gasteiger partial charge is 0.286 e. The van der Waals surface area contributed by atoms with Crippen molar-refractivity contribution < 1.29 is 9.53 Å². The standard InChI is InChI=1S/C24H24Cl2N4O2S/c1-16-22(24(31)28-29-12-4-3-5-13-29)27-30(20-10-8-17(25)15-19(20)26)23(16)21-11-9-18(33-21)7-6-14-32-2/h8-11,15H,3-5,12-14H2,1-2H3,(H,28,31). The quantitative estimate of drug-likeness (QED) is 0.478. The van der Waals surface area contributed by atoms with Gasteiger partial charge in [0.2, 0.25) is 0 Å². The van der Waals surface area contributed by atoms with Crippen LogP contribution in [-0.4, -0.2) is 47.5 Å². The Balaban J connectivity index is 1.76. The Morgan fingerprint density at radius 1 is 1.21 bits per heavy atom. The molecule has 0 radical (unpaired) electrons. The minimum absolute atomic E-state index is 0.226. The first kappa shape index (κ1) is 23.8. The number of carbonyl (C=O) groups is 1. The minimum Gasteiger partial charge on any atom is -0.372 e. The van der Waals surface area contributed by atoms with E-state index in [9.17, 15) is 4.79 Å². The van der Waals surface area contributed by atoms with Crippen LogP contribution < -0.4 is 5.43 Å². The Kier molecular flexibility index (Phi) is 7.74. The number of hydrogen-bond donors (Lipinski definition) is 1. The third-order valence-electron chi connectivity index (χ3n) is 5.36. The molecule has 1 N–H and O–H groups in total. The van der Waals surface area contributed by atoms with Gasteiger partial charge in [-0.1, -0.05) is 41.5 Å². The Morgan fingerprint density at radius 3 is 2.73 bits per heavy atom. The van der Waals surface area contributed by atoms with Crippen LogP contribution in [0.2, 0.25) is 10.0 Å². The van der Waals surface area contributed by atoms with Gasteiger partial charge in [-0.3, -0.25) is 10.2 Å². The van der Waals surface area contributed by atoms with Crippen LogP contribution in [0.15, 0.2) is 30.3 Å². The largest absolute Gasteiger partial charge is 0.372 e. The van der Waals surface area contributed by atoms with Crippen molar-refractivity contribution in [3.8, 4) is 28.1 Å². The van der Waals surface area contributed by atoms with Crippen molar-refractivity contribution >= 4 is 40.4 Å². The zero-order valence-corrected chi connectivity index (χ0v) is 20.8. The number of hydrazine groups is 1. The number of carbonyl (C=O) groups excluding carboxylic acids is 1. The van der Waals surface area contributed by atoms with Gasteiger partial charge in [0.05, 0.1) is 26.2 Å². The number of benzene rings is 1. The lowest BCUT2D eigenvalue weighted by Crippen LogP contribution is -2.45. The van der Waals surface area contributed by atoms with Crippen LogP contribution in [0.4, 0.5) is 0 Å². The number of piperidine rings is 1. The van der Waals surface area contributed by atoms with Crippen LogP contribution in [-0.2, 0) is 4.74 Å². The molecule has 0 atom stereocenters. The van der Waals surface area contributed by atoms with Gasteiger partial charge >= 0.3 is 0 Å². The second kappa shape index (κ2) is 10.7. The fourth-order valence-electron chi connectivity index (χ4n) is 3.76. The molecule has 1 amide bonds. The Morgan fingerprint density at radius 2 is 2.00 bits per heavy atom. The molecule has 6 nitrogen and oxygen atoms in total. The van der Waals surface area contributed by atoms with Crippen molar-refractivity contribution in [2.24, 2.45) is 0 Å². The number of thiophene rings is 1. The molecule has 172 valence electrons. The lowest BCUT2D eigenvalue weighted by molar-refractivity contribution is 0.0743. The van der Waals surface area contributed by atoms with E-state index < -0.39 is 0 Å². The van der Waals surface area contributed by atoms with E-state index in [-0.39, 0.29) is 5.91 Å². The summed E-state index contributed by atoms with van der Waals surface area (Å²) in [4.78, 5) is 15.0. The van der Waals surface area contributed by atoms with E-state index in [0.29, 0.717) is 28.0 Å². The highest BCUT2D eigenvalue weighted by Gasteiger charge is 2.25. The summed E-state index contributed by atoms with van der Waals surface area (Å²) in [6, 6.07) is 9.17. The van der Waals surface area contributed by atoms with E-state index in [2.05, 4.69) is 17.3 Å². The zero-order chi connectivity index (χ0) is 23.4. The molecular formula is C24H24Cl2N4O2S. The van der Waals surface area contributed by atoms with Crippen molar-refractivity contribution in [3.05, 3.63) is 56.5 Å². The summed E-state index contributed by atoms with van der Waals surface area (Å²) >= 11 is 14.2. The van der Waals surface area contributed by atoms with Crippen LogP contribution in [0.3, 0.4) is 0 Å². The van der Waals surface area contributed by atoms with Gasteiger partial charge in [-0.2, -0.15) is 5.10 Å². The van der Waals surface area contributed by atoms with E-state index >= 15 is 0 Å². The van der Waals surface area contributed by atoms with Gasteiger partial charge in [0.1, 0.15) is 6.61 Å². The van der Waals surface area contributed by atoms with E-state index in [1.54, 1.807) is 30.0 Å². The molecule has 1 aliphatic rings. The molecule has 3 aromatic rings. The molecule has 33 heavy (non-hydrogen) atoms. The Bertz CT molecular complexity index is 1220. The van der Waals surface area contributed by atoms with Crippen LogP contribution in [0, 0.1) is 18.8 Å². The highest BCUT2D eigenvalue weighted by atomic mass is 35.5. The third-order valence-corrected chi connectivity index (χ3v) is 6.90.